The summed E-state index contributed by atoms with van der Waals surface area (Å²) in [4.78, 5) is 11.8. The molecule has 1 fully saturated rings. The van der Waals surface area contributed by atoms with Crippen molar-refractivity contribution in [1.82, 2.24) is 10.6 Å². The zero-order chi connectivity index (χ0) is 16.6. The second-order valence-corrected chi connectivity index (χ2v) is 8.71. The van der Waals surface area contributed by atoms with E-state index in [1.54, 1.807) is 0 Å². The zero-order valence-corrected chi connectivity index (χ0v) is 15.3. The maximum Gasteiger partial charge on any atom is 0.407 e. The van der Waals surface area contributed by atoms with E-state index in [0.717, 1.165) is 43.6 Å². The third-order valence-corrected chi connectivity index (χ3v) is 5.04. The van der Waals surface area contributed by atoms with Gasteiger partial charge in [0.2, 0.25) is 0 Å². The van der Waals surface area contributed by atoms with Crippen molar-refractivity contribution in [1.29, 1.82) is 0 Å². The van der Waals surface area contributed by atoms with Gasteiger partial charge < -0.3 is 15.4 Å². The fraction of sp³-hybridized carbons (Fsp3) is 0.938. The molecule has 1 atom stereocenters. The number of nitrogens with one attached hydrogen (secondary N) is 2. The van der Waals surface area contributed by atoms with Crippen molar-refractivity contribution >= 4 is 16.9 Å². The first kappa shape index (κ1) is 19.4. The lowest BCUT2D eigenvalue weighted by Gasteiger charge is -2.29. The van der Waals surface area contributed by atoms with Crippen LogP contribution in [-0.2, 0) is 15.5 Å². The zero-order valence-electron chi connectivity index (χ0n) is 14.4. The van der Waals surface area contributed by atoms with Crippen LogP contribution in [0.4, 0.5) is 4.79 Å². The largest absolute Gasteiger partial charge is 0.444 e. The molecular formula is C16H32N2O3S. The predicted molar refractivity (Wildman–Crippen MR) is 91.6 cm³/mol. The van der Waals surface area contributed by atoms with Crippen LogP contribution in [0.1, 0.15) is 59.8 Å². The lowest BCUT2D eigenvalue weighted by atomic mass is 10.1. The Morgan fingerprint density at radius 1 is 1.32 bits per heavy atom. The number of amides is 1. The Balaban J connectivity index is 2.39. The standard InChI is InChI=1S/C16H32N2O3S/c1-5-6-7-14(12-17-15(19)21-16(2,3)4)18-13-8-10-22(20)11-9-13/h13-14,18H,5-12H2,1-4H3,(H,17,19). The molecule has 0 radical (unpaired) electrons. The highest BCUT2D eigenvalue weighted by molar-refractivity contribution is 7.85. The van der Waals surface area contributed by atoms with Crippen molar-refractivity contribution < 1.29 is 13.7 Å². The summed E-state index contributed by atoms with van der Waals surface area (Å²) in [7, 11) is -0.633. The van der Waals surface area contributed by atoms with E-state index in [-0.39, 0.29) is 12.1 Å². The van der Waals surface area contributed by atoms with Crippen LogP contribution in [0.25, 0.3) is 0 Å². The van der Waals surface area contributed by atoms with Crippen LogP contribution in [-0.4, -0.2) is 46.0 Å². The number of ether oxygens (including phenoxy) is 1. The van der Waals surface area contributed by atoms with Crippen molar-refractivity contribution in [3.63, 3.8) is 0 Å². The molecule has 0 spiro atoms. The molecule has 5 nitrogen and oxygen atoms in total. The van der Waals surface area contributed by atoms with Crippen molar-refractivity contribution in [3.8, 4) is 0 Å². The van der Waals surface area contributed by atoms with Gasteiger partial charge in [0.25, 0.3) is 0 Å². The first-order chi connectivity index (χ1) is 10.3. The second kappa shape index (κ2) is 9.50. The van der Waals surface area contributed by atoms with E-state index in [4.69, 9.17) is 4.74 Å². The monoisotopic (exact) mass is 332 g/mol. The molecule has 0 saturated carbocycles. The SMILES string of the molecule is CCCCC(CNC(=O)OC(C)(C)C)NC1CCS(=O)CC1. The minimum absolute atomic E-state index is 0.254. The van der Waals surface area contributed by atoms with Crippen LogP contribution in [0, 0.1) is 0 Å². The summed E-state index contributed by atoms with van der Waals surface area (Å²) in [6.07, 6.45) is 4.86. The number of rotatable bonds is 7. The van der Waals surface area contributed by atoms with Gasteiger partial charge >= 0.3 is 6.09 Å². The predicted octanol–water partition coefficient (Wildman–Crippen LogP) is 2.57. The highest BCUT2D eigenvalue weighted by Gasteiger charge is 2.22. The number of carbonyl (C=O) groups is 1. The Hall–Kier alpha value is -0.620. The topological polar surface area (TPSA) is 67.4 Å². The summed E-state index contributed by atoms with van der Waals surface area (Å²) in [5, 5.41) is 6.49. The summed E-state index contributed by atoms with van der Waals surface area (Å²) >= 11 is 0. The molecule has 0 bridgehead atoms. The van der Waals surface area contributed by atoms with Gasteiger partial charge in [-0.15, -0.1) is 0 Å². The smallest absolute Gasteiger partial charge is 0.407 e. The van der Waals surface area contributed by atoms with E-state index in [9.17, 15) is 9.00 Å². The molecule has 1 unspecified atom stereocenters. The lowest BCUT2D eigenvalue weighted by Crippen LogP contribution is -2.48. The van der Waals surface area contributed by atoms with Crippen LogP contribution in [0.2, 0.25) is 0 Å². The van der Waals surface area contributed by atoms with E-state index in [1.165, 1.54) is 0 Å². The number of hydrogen-bond donors (Lipinski definition) is 2. The van der Waals surface area contributed by atoms with E-state index in [0.29, 0.717) is 12.6 Å². The minimum atomic E-state index is -0.633. The summed E-state index contributed by atoms with van der Waals surface area (Å²) < 4.78 is 16.7. The van der Waals surface area contributed by atoms with Gasteiger partial charge in [-0.1, -0.05) is 19.8 Å². The van der Waals surface area contributed by atoms with Crippen LogP contribution in [0.3, 0.4) is 0 Å². The van der Waals surface area contributed by atoms with Gasteiger partial charge in [0, 0.05) is 40.9 Å². The molecule has 1 aliphatic rings. The van der Waals surface area contributed by atoms with E-state index in [1.807, 2.05) is 20.8 Å². The normalized spacial score (nSPS) is 23.8. The van der Waals surface area contributed by atoms with E-state index >= 15 is 0 Å². The molecule has 130 valence electrons. The summed E-state index contributed by atoms with van der Waals surface area (Å²) in [5.74, 6) is 1.58. The Labute approximate surface area is 137 Å². The molecule has 1 rings (SSSR count). The summed E-state index contributed by atoms with van der Waals surface area (Å²) in [5.41, 5.74) is -0.468. The van der Waals surface area contributed by atoms with Crippen LogP contribution in [0.5, 0.6) is 0 Å². The highest BCUT2D eigenvalue weighted by atomic mass is 32.2. The van der Waals surface area contributed by atoms with E-state index in [2.05, 4.69) is 17.6 Å². The highest BCUT2D eigenvalue weighted by Crippen LogP contribution is 2.12. The molecule has 1 aliphatic heterocycles. The van der Waals surface area contributed by atoms with Crippen molar-refractivity contribution in [2.24, 2.45) is 0 Å². The second-order valence-electron chi connectivity index (χ2n) is 7.01. The van der Waals surface area contributed by atoms with Gasteiger partial charge in [0.1, 0.15) is 5.60 Å². The molecule has 2 N–H and O–H groups in total. The Morgan fingerprint density at radius 2 is 1.95 bits per heavy atom. The van der Waals surface area contributed by atoms with Crippen molar-refractivity contribution in [2.45, 2.75) is 77.5 Å². The molecule has 1 heterocycles. The van der Waals surface area contributed by atoms with Crippen LogP contribution >= 0.6 is 0 Å². The van der Waals surface area contributed by atoms with Gasteiger partial charge in [-0.3, -0.25) is 4.21 Å². The number of alkyl carbamates (subject to hydrolysis) is 1. The molecular weight excluding hydrogens is 300 g/mol. The molecule has 0 aromatic heterocycles. The fourth-order valence-electron chi connectivity index (χ4n) is 2.51. The van der Waals surface area contributed by atoms with Crippen molar-refractivity contribution in [2.75, 3.05) is 18.1 Å². The molecule has 6 heteroatoms. The summed E-state index contributed by atoms with van der Waals surface area (Å²) in [6, 6.07) is 0.670. The van der Waals surface area contributed by atoms with Crippen LogP contribution < -0.4 is 10.6 Å². The average molecular weight is 333 g/mol. The number of carbonyl (C=O) groups excluding carboxylic acids is 1. The van der Waals surface area contributed by atoms with Gasteiger partial charge in [-0.05, 0) is 40.0 Å². The van der Waals surface area contributed by atoms with Gasteiger partial charge in [-0.2, -0.15) is 0 Å². The van der Waals surface area contributed by atoms with Gasteiger partial charge in [-0.25, -0.2) is 4.79 Å². The quantitative estimate of drug-likeness (QED) is 0.752. The molecule has 0 aromatic rings. The Bertz CT molecular complexity index is 359. The maximum atomic E-state index is 11.8. The average Bonchev–Trinajstić information content (AvgIpc) is 2.42. The fourth-order valence-corrected chi connectivity index (χ4v) is 3.81. The minimum Gasteiger partial charge on any atom is -0.444 e. The molecule has 0 aliphatic carbocycles. The first-order valence-corrected chi connectivity index (χ1v) is 9.87. The molecule has 22 heavy (non-hydrogen) atoms. The number of hydrogen-bond acceptors (Lipinski definition) is 4. The van der Waals surface area contributed by atoms with Crippen LogP contribution in [0.15, 0.2) is 0 Å². The summed E-state index contributed by atoms with van der Waals surface area (Å²) in [6.45, 7) is 8.33. The third-order valence-electron chi connectivity index (χ3n) is 3.66. The van der Waals surface area contributed by atoms with Gasteiger partial charge in [0.05, 0.1) is 0 Å². The maximum absolute atomic E-state index is 11.8. The molecule has 1 amide bonds. The molecule has 1 saturated heterocycles. The number of unbranched alkanes of at least 4 members (excludes halogenated alkanes) is 1. The van der Waals surface area contributed by atoms with E-state index < -0.39 is 16.4 Å². The Morgan fingerprint density at radius 3 is 2.50 bits per heavy atom. The van der Waals surface area contributed by atoms with Crippen molar-refractivity contribution in [3.05, 3.63) is 0 Å². The lowest BCUT2D eigenvalue weighted by molar-refractivity contribution is 0.0520. The first-order valence-electron chi connectivity index (χ1n) is 8.38. The van der Waals surface area contributed by atoms with Gasteiger partial charge in [0.15, 0.2) is 0 Å². The Kier molecular flexibility index (Phi) is 8.39. The molecule has 0 aromatic carbocycles. The third kappa shape index (κ3) is 8.73.